The normalized spacial score (nSPS) is 44.9. The van der Waals surface area contributed by atoms with E-state index in [4.69, 9.17) is 9.16 Å². The SMILES string of the molecule is CC(=O)OC1(C(C)=O)CCC2C3CC(C)(O[Si](C)(C)C)C4=CC(=O)CCC4(C)C3CCC21C. The summed E-state index contributed by atoms with van der Waals surface area (Å²) in [7, 11) is -1.90. The molecule has 0 saturated heterocycles. The van der Waals surface area contributed by atoms with Crippen molar-refractivity contribution in [3.05, 3.63) is 11.6 Å². The number of ketones is 2. The Morgan fingerprint density at radius 2 is 1.64 bits per heavy atom. The summed E-state index contributed by atoms with van der Waals surface area (Å²) < 4.78 is 12.8. The number of ether oxygens (including phenoxy) is 1. The van der Waals surface area contributed by atoms with E-state index in [2.05, 4.69) is 40.4 Å². The molecule has 0 aromatic rings. The van der Waals surface area contributed by atoms with Crippen molar-refractivity contribution in [2.24, 2.45) is 28.6 Å². The molecule has 7 unspecified atom stereocenters. The van der Waals surface area contributed by atoms with E-state index in [-0.39, 0.29) is 28.4 Å². The Bertz CT molecular complexity index is 918. The topological polar surface area (TPSA) is 69.7 Å². The lowest BCUT2D eigenvalue weighted by atomic mass is 9.44. The molecule has 5 nitrogen and oxygen atoms in total. The van der Waals surface area contributed by atoms with Gasteiger partial charge >= 0.3 is 5.97 Å². The fourth-order valence-electron chi connectivity index (χ4n) is 8.81. The fourth-order valence-corrected chi connectivity index (χ4v) is 10.4. The van der Waals surface area contributed by atoms with E-state index in [9.17, 15) is 14.4 Å². The van der Waals surface area contributed by atoms with Crippen LogP contribution in [0.2, 0.25) is 19.6 Å². The standard InChI is InChI=1S/C27H42O5Si/c1-17(28)27(31-18(2)29)14-11-22-20-16-26(5,32-33(6,7)8)23-15-19(30)9-12-24(23,3)21(20)10-13-25(22,27)4/h15,20-22H,9-14,16H2,1-8H3. The maximum atomic E-state index is 13.0. The highest BCUT2D eigenvalue weighted by atomic mass is 28.4. The summed E-state index contributed by atoms with van der Waals surface area (Å²) in [5.74, 6) is 0.949. The van der Waals surface area contributed by atoms with Crippen LogP contribution in [0, 0.1) is 28.6 Å². The number of hydrogen-bond donors (Lipinski definition) is 0. The predicted molar refractivity (Wildman–Crippen MR) is 130 cm³/mol. The van der Waals surface area contributed by atoms with Crippen LogP contribution in [-0.2, 0) is 23.5 Å². The van der Waals surface area contributed by atoms with Crippen LogP contribution in [-0.4, -0.2) is 37.1 Å². The zero-order valence-corrected chi connectivity index (χ0v) is 22.8. The quantitative estimate of drug-likeness (QED) is 0.390. The minimum Gasteiger partial charge on any atom is -0.451 e. The molecule has 7 atom stereocenters. The van der Waals surface area contributed by atoms with Gasteiger partial charge in [0, 0.05) is 18.8 Å². The molecule has 0 aliphatic heterocycles. The summed E-state index contributed by atoms with van der Waals surface area (Å²) in [5, 5.41) is 0. The van der Waals surface area contributed by atoms with E-state index in [1.54, 1.807) is 6.92 Å². The van der Waals surface area contributed by atoms with Gasteiger partial charge in [0.1, 0.15) is 0 Å². The number of esters is 1. The third-order valence-corrected chi connectivity index (χ3v) is 10.9. The first-order valence-electron chi connectivity index (χ1n) is 12.7. The molecule has 184 valence electrons. The Labute approximate surface area is 200 Å². The van der Waals surface area contributed by atoms with Gasteiger partial charge in [-0.15, -0.1) is 0 Å². The van der Waals surface area contributed by atoms with Crippen LogP contribution in [0.4, 0.5) is 0 Å². The average Bonchev–Trinajstić information content (AvgIpc) is 2.95. The summed E-state index contributed by atoms with van der Waals surface area (Å²) in [4.78, 5) is 37.7. The number of rotatable bonds is 4. The van der Waals surface area contributed by atoms with Crippen LogP contribution < -0.4 is 0 Å². The zero-order chi connectivity index (χ0) is 24.6. The third-order valence-electron chi connectivity index (χ3n) is 9.80. The minimum atomic E-state index is -1.90. The van der Waals surface area contributed by atoms with Crippen LogP contribution in [0.3, 0.4) is 0 Å². The van der Waals surface area contributed by atoms with Crippen molar-refractivity contribution in [2.75, 3.05) is 0 Å². The number of carbonyl (C=O) groups excluding carboxylic acids is 3. The monoisotopic (exact) mass is 474 g/mol. The molecule has 4 aliphatic carbocycles. The number of carbonyl (C=O) groups is 3. The maximum Gasteiger partial charge on any atom is 0.303 e. The third kappa shape index (κ3) is 3.62. The molecule has 0 amide bonds. The van der Waals surface area contributed by atoms with Gasteiger partial charge in [-0.2, -0.15) is 0 Å². The predicted octanol–water partition coefficient (Wildman–Crippen LogP) is 5.63. The summed E-state index contributed by atoms with van der Waals surface area (Å²) in [6.45, 7) is 16.4. The summed E-state index contributed by atoms with van der Waals surface area (Å²) in [5.41, 5.74) is -0.736. The Hall–Kier alpha value is -1.27. The van der Waals surface area contributed by atoms with E-state index < -0.39 is 19.5 Å². The van der Waals surface area contributed by atoms with Crippen molar-refractivity contribution in [2.45, 2.75) is 110 Å². The van der Waals surface area contributed by atoms with Gasteiger partial charge in [-0.1, -0.05) is 13.8 Å². The smallest absolute Gasteiger partial charge is 0.303 e. The van der Waals surface area contributed by atoms with Crippen LogP contribution in [0.25, 0.3) is 0 Å². The second kappa shape index (κ2) is 7.61. The molecule has 0 aromatic heterocycles. The van der Waals surface area contributed by atoms with Crippen LogP contribution in [0.15, 0.2) is 11.6 Å². The lowest BCUT2D eigenvalue weighted by Crippen LogP contribution is -2.62. The van der Waals surface area contributed by atoms with Crippen molar-refractivity contribution in [3.63, 3.8) is 0 Å². The van der Waals surface area contributed by atoms with Crippen molar-refractivity contribution >= 4 is 25.9 Å². The Morgan fingerprint density at radius 3 is 2.21 bits per heavy atom. The molecule has 0 bridgehead atoms. The summed E-state index contributed by atoms with van der Waals surface area (Å²) in [6, 6.07) is 0. The number of Topliss-reactive ketones (excluding diaryl/α,β-unsaturated/α-hetero) is 1. The van der Waals surface area contributed by atoms with Gasteiger partial charge in [0.2, 0.25) is 0 Å². The molecule has 4 aliphatic rings. The van der Waals surface area contributed by atoms with Gasteiger partial charge in [-0.3, -0.25) is 14.4 Å². The first kappa shape index (κ1) is 24.8. The molecule has 3 fully saturated rings. The van der Waals surface area contributed by atoms with Gasteiger partial charge in [0.05, 0.1) is 5.60 Å². The highest BCUT2D eigenvalue weighted by Gasteiger charge is 2.69. The van der Waals surface area contributed by atoms with E-state index in [1.165, 1.54) is 12.5 Å². The highest BCUT2D eigenvalue weighted by Crippen LogP contribution is 2.70. The maximum absolute atomic E-state index is 13.0. The van der Waals surface area contributed by atoms with Gasteiger partial charge in [-0.25, -0.2) is 0 Å². The lowest BCUT2D eigenvalue weighted by Gasteiger charge is -2.63. The molecule has 0 heterocycles. The Morgan fingerprint density at radius 1 is 1.00 bits per heavy atom. The second-order valence-electron chi connectivity index (χ2n) is 12.9. The first-order valence-corrected chi connectivity index (χ1v) is 16.2. The number of hydrogen-bond acceptors (Lipinski definition) is 5. The highest BCUT2D eigenvalue weighted by molar-refractivity contribution is 6.69. The van der Waals surface area contributed by atoms with Crippen LogP contribution in [0.1, 0.15) is 79.6 Å². The molecule has 33 heavy (non-hydrogen) atoms. The first-order chi connectivity index (χ1) is 15.1. The van der Waals surface area contributed by atoms with E-state index >= 15 is 0 Å². The average molecular weight is 475 g/mol. The van der Waals surface area contributed by atoms with E-state index in [0.29, 0.717) is 30.6 Å². The molecule has 3 saturated carbocycles. The summed E-state index contributed by atoms with van der Waals surface area (Å²) >= 11 is 0. The molecular weight excluding hydrogens is 432 g/mol. The van der Waals surface area contributed by atoms with Crippen molar-refractivity contribution in [1.29, 1.82) is 0 Å². The van der Waals surface area contributed by atoms with Crippen molar-refractivity contribution < 1.29 is 23.5 Å². The van der Waals surface area contributed by atoms with Crippen LogP contribution in [0.5, 0.6) is 0 Å². The van der Waals surface area contributed by atoms with Gasteiger partial charge in [0.25, 0.3) is 0 Å². The second-order valence-corrected chi connectivity index (χ2v) is 17.4. The van der Waals surface area contributed by atoms with E-state index in [0.717, 1.165) is 32.1 Å². The van der Waals surface area contributed by atoms with Gasteiger partial charge in [-0.05, 0) is 107 Å². The van der Waals surface area contributed by atoms with Gasteiger partial charge < -0.3 is 9.16 Å². The molecule has 0 spiro atoms. The molecule has 6 heteroatoms. The molecule has 0 radical (unpaired) electrons. The fraction of sp³-hybridized carbons (Fsp3) is 0.815. The molecule has 4 rings (SSSR count). The lowest BCUT2D eigenvalue weighted by molar-refractivity contribution is -0.190. The summed E-state index contributed by atoms with van der Waals surface area (Å²) in [6.07, 6.45) is 7.60. The minimum absolute atomic E-state index is 0.0203. The Kier molecular flexibility index (Phi) is 5.73. The molecular formula is C27H42O5Si. The number of fused-ring (bicyclic) bond motifs is 5. The van der Waals surface area contributed by atoms with Crippen molar-refractivity contribution in [3.8, 4) is 0 Å². The van der Waals surface area contributed by atoms with Crippen LogP contribution >= 0.6 is 0 Å². The Balaban J connectivity index is 1.81. The van der Waals surface area contributed by atoms with Crippen molar-refractivity contribution in [1.82, 2.24) is 0 Å². The zero-order valence-electron chi connectivity index (χ0n) is 21.8. The van der Waals surface area contributed by atoms with E-state index in [1.807, 2.05) is 6.08 Å². The van der Waals surface area contributed by atoms with Gasteiger partial charge in [0.15, 0.2) is 25.5 Å². The molecule has 0 N–H and O–H groups in total. The molecule has 0 aromatic carbocycles. The largest absolute Gasteiger partial charge is 0.451 e.